The summed E-state index contributed by atoms with van der Waals surface area (Å²) in [5, 5.41) is 5.04. The number of hydrogen-bond acceptors (Lipinski definition) is 7. The van der Waals surface area contributed by atoms with Crippen molar-refractivity contribution in [3.8, 4) is 11.3 Å². The third-order valence-corrected chi connectivity index (χ3v) is 6.67. The van der Waals surface area contributed by atoms with Crippen LogP contribution in [0, 0.1) is 0 Å². The Hall–Kier alpha value is -2.27. The van der Waals surface area contributed by atoms with Crippen molar-refractivity contribution in [2.45, 2.75) is 16.2 Å². The fourth-order valence-corrected chi connectivity index (χ4v) is 4.43. The van der Waals surface area contributed by atoms with Crippen LogP contribution in [0.3, 0.4) is 0 Å². The summed E-state index contributed by atoms with van der Waals surface area (Å²) in [7, 11) is -3.67. The van der Waals surface area contributed by atoms with Crippen molar-refractivity contribution in [3.63, 3.8) is 0 Å². The van der Waals surface area contributed by atoms with Crippen LogP contribution in [-0.2, 0) is 14.8 Å². The molecule has 0 spiro atoms. The van der Waals surface area contributed by atoms with Crippen molar-refractivity contribution in [1.82, 2.24) is 14.7 Å². The molecule has 2 heterocycles. The maximum atomic E-state index is 12.1. The van der Waals surface area contributed by atoms with E-state index in [2.05, 4.69) is 20.0 Å². The van der Waals surface area contributed by atoms with Gasteiger partial charge in [0.1, 0.15) is 4.90 Å². The van der Waals surface area contributed by atoms with Crippen molar-refractivity contribution in [2.75, 3.05) is 18.1 Å². The Morgan fingerprint density at radius 3 is 2.68 bits per heavy atom. The number of rotatable bonds is 8. The van der Waals surface area contributed by atoms with E-state index in [1.165, 1.54) is 40.8 Å². The first-order valence-corrected chi connectivity index (χ1v) is 11.9. The molecule has 0 atom stereocenters. The highest BCUT2D eigenvalue weighted by molar-refractivity contribution is 7.98. The summed E-state index contributed by atoms with van der Waals surface area (Å²) < 4.78 is 26.6. The van der Waals surface area contributed by atoms with Crippen LogP contribution in [-0.4, -0.2) is 37.1 Å². The molecule has 2 aromatic heterocycles. The summed E-state index contributed by atoms with van der Waals surface area (Å²) in [5.74, 6) is -0.312. The first-order valence-electron chi connectivity index (χ1n) is 8.27. The SMILES string of the molecule is CSc1ccc(-c2csc(NC(=O)CCNS(=O)(=O)c3cccnc3)n2)cc1. The lowest BCUT2D eigenvalue weighted by atomic mass is 10.2. The Bertz CT molecular complexity index is 1040. The number of sulfonamides is 1. The van der Waals surface area contributed by atoms with Crippen LogP contribution in [0.5, 0.6) is 0 Å². The molecule has 146 valence electrons. The van der Waals surface area contributed by atoms with E-state index in [-0.39, 0.29) is 23.8 Å². The van der Waals surface area contributed by atoms with Crippen LogP contribution in [0.15, 0.2) is 64.0 Å². The topological polar surface area (TPSA) is 101 Å². The van der Waals surface area contributed by atoms with Gasteiger partial charge in [0.25, 0.3) is 0 Å². The molecule has 0 bridgehead atoms. The van der Waals surface area contributed by atoms with E-state index in [1.54, 1.807) is 11.8 Å². The van der Waals surface area contributed by atoms with Gasteiger partial charge >= 0.3 is 0 Å². The van der Waals surface area contributed by atoms with Gasteiger partial charge in [0.15, 0.2) is 5.13 Å². The third kappa shape index (κ3) is 5.38. The maximum absolute atomic E-state index is 12.1. The molecule has 28 heavy (non-hydrogen) atoms. The van der Waals surface area contributed by atoms with Crippen molar-refractivity contribution in [2.24, 2.45) is 0 Å². The highest BCUT2D eigenvalue weighted by atomic mass is 32.2. The van der Waals surface area contributed by atoms with Gasteiger partial charge in [0.2, 0.25) is 15.9 Å². The van der Waals surface area contributed by atoms with Crippen molar-refractivity contribution < 1.29 is 13.2 Å². The molecule has 3 aromatic rings. The Labute approximate surface area is 171 Å². The van der Waals surface area contributed by atoms with Crippen LogP contribution in [0.25, 0.3) is 11.3 Å². The Morgan fingerprint density at radius 1 is 1.21 bits per heavy atom. The molecule has 0 fully saturated rings. The smallest absolute Gasteiger partial charge is 0.242 e. The normalized spacial score (nSPS) is 11.3. The Kier molecular flexibility index (Phi) is 6.79. The molecule has 1 amide bonds. The van der Waals surface area contributed by atoms with Crippen LogP contribution in [0.2, 0.25) is 0 Å². The average molecular weight is 435 g/mol. The van der Waals surface area contributed by atoms with Crippen LogP contribution >= 0.6 is 23.1 Å². The van der Waals surface area contributed by atoms with Gasteiger partial charge in [-0.3, -0.25) is 9.78 Å². The van der Waals surface area contributed by atoms with Crippen LogP contribution in [0.1, 0.15) is 6.42 Å². The summed E-state index contributed by atoms with van der Waals surface area (Å²) in [6, 6.07) is 11.0. The van der Waals surface area contributed by atoms with E-state index in [4.69, 9.17) is 0 Å². The number of nitrogens with one attached hydrogen (secondary N) is 2. The van der Waals surface area contributed by atoms with E-state index in [1.807, 2.05) is 35.9 Å². The third-order valence-electron chi connectivity index (χ3n) is 3.73. The highest BCUT2D eigenvalue weighted by Gasteiger charge is 2.14. The van der Waals surface area contributed by atoms with Gasteiger partial charge in [0.05, 0.1) is 5.69 Å². The second-order valence-corrected chi connectivity index (χ2v) is 9.16. The van der Waals surface area contributed by atoms with Crippen molar-refractivity contribution >= 4 is 44.2 Å². The number of benzene rings is 1. The number of aromatic nitrogens is 2. The van der Waals surface area contributed by atoms with Gasteiger partial charge in [-0.2, -0.15) is 0 Å². The molecule has 0 saturated carbocycles. The van der Waals surface area contributed by atoms with E-state index >= 15 is 0 Å². The predicted molar refractivity (Wildman–Crippen MR) is 112 cm³/mol. The molecule has 0 aliphatic rings. The van der Waals surface area contributed by atoms with Gasteiger partial charge in [-0.25, -0.2) is 18.1 Å². The largest absolute Gasteiger partial charge is 0.302 e. The summed E-state index contributed by atoms with van der Waals surface area (Å²) >= 11 is 2.99. The molecule has 2 N–H and O–H groups in total. The lowest BCUT2D eigenvalue weighted by molar-refractivity contribution is -0.116. The standard InChI is InChI=1S/C18H18N4O3S3/c1-26-14-6-4-13(5-7-14)16-12-27-18(21-16)22-17(23)8-10-20-28(24,25)15-3-2-9-19-11-15/h2-7,9,11-12,20H,8,10H2,1H3,(H,21,22,23). The molecule has 0 saturated heterocycles. The molecule has 0 radical (unpaired) electrons. The van der Waals surface area contributed by atoms with Crippen molar-refractivity contribution in [3.05, 3.63) is 54.2 Å². The highest BCUT2D eigenvalue weighted by Crippen LogP contribution is 2.26. The Balaban J connectivity index is 1.52. The Morgan fingerprint density at radius 2 is 2.00 bits per heavy atom. The summed E-state index contributed by atoms with van der Waals surface area (Å²) in [6.07, 6.45) is 4.76. The van der Waals surface area contributed by atoms with Gasteiger partial charge in [0, 0.05) is 41.2 Å². The molecule has 1 aromatic carbocycles. The van der Waals surface area contributed by atoms with Crippen LogP contribution in [0.4, 0.5) is 5.13 Å². The molecule has 7 nitrogen and oxygen atoms in total. The monoisotopic (exact) mass is 434 g/mol. The van der Waals surface area contributed by atoms with Gasteiger partial charge in [-0.05, 0) is 30.5 Å². The first-order chi connectivity index (χ1) is 13.5. The second kappa shape index (κ2) is 9.28. The molecule has 0 aliphatic heterocycles. The number of carbonyl (C=O) groups excluding carboxylic acids is 1. The van der Waals surface area contributed by atoms with E-state index in [0.717, 1.165) is 11.3 Å². The fraction of sp³-hybridized carbons (Fsp3) is 0.167. The van der Waals surface area contributed by atoms with E-state index < -0.39 is 10.0 Å². The van der Waals surface area contributed by atoms with Crippen molar-refractivity contribution in [1.29, 1.82) is 0 Å². The van der Waals surface area contributed by atoms with E-state index in [0.29, 0.717) is 5.13 Å². The quantitative estimate of drug-likeness (QED) is 0.528. The fourth-order valence-electron chi connectivity index (χ4n) is 2.30. The van der Waals surface area contributed by atoms with Gasteiger partial charge in [-0.1, -0.05) is 12.1 Å². The number of thioether (sulfide) groups is 1. The minimum atomic E-state index is -3.67. The number of nitrogens with zero attached hydrogens (tertiary/aromatic N) is 2. The number of anilines is 1. The zero-order chi connectivity index (χ0) is 20.0. The molecule has 0 unspecified atom stereocenters. The first kappa shape index (κ1) is 20.5. The zero-order valence-electron chi connectivity index (χ0n) is 15.0. The molecular weight excluding hydrogens is 416 g/mol. The van der Waals surface area contributed by atoms with E-state index in [9.17, 15) is 13.2 Å². The predicted octanol–water partition coefficient (Wildman–Crippen LogP) is 3.23. The molecular formula is C18H18N4O3S3. The molecule has 0 aliphatic carbocycles. The lowest BCUT2D eigenvalue weighted by Gasteiger charge is -2.06. The molecule has 3 rings (SSSR count). The number of hydrogen-bond donors (Lipinski definition) is 2. The number of carbonyl (C=O) groups is 1. The summed E-state index contributed by atoms with van der Waals surface area (Å²) in [6.45, 7) is -0.0164. The van der Waals surface area contributed by atoms with Gasteiger partial charge in [-0.15, -0.1) is 23.1 Å². The minimum absolute atomic E-state index is 0.00315. The minimum Gasteiger partial charge on any atom is -0.302 e. The van der Waals surface area contributed by atoms with Gasteiger partial charge < -0.3 is 5.32 Å². The number of amides is 1. The molecule has 10 heteroatoms. The summed E-state index contributed by atoms with van der Waals surface area (Å²) in [4.78, 5) is 21.5. The maximum Gasteiger partial charge on any atom is 0.242 e. The zero-order valence-corrected chi connectivity index (χ0v) is 17.4. The average Bonchev–Trinajstić information content (AvgIpc) is 3.17. The number of pyridine rings is 1. The summed E-state index contributed by atoms with van der Waals surface area (Å²) in [5.41, 5.74) is 1.75. The van der Waals surface area contributed by atoms with Crippen LogP contribution < -0.4 is 10.0 Å². The lowest BCUT2D eigenvalue weighted by Crippen LogP contribution is -2.27. The number of thiazole rings is 1. The second-order valence-electron chi connectivity index (χ2n) is 5.65.